The van der Waals surface area contributed by atoms with E-state index in [9.17, 15) is 0 Å². The van der Waals surface area contributed by atoms with Gasteiger partial charge in [0, 0.05) is 12.1 Å². The summed E-state index contributed by atoms with van der Waals surface area (Å²) in [7, 11) is 1.62. The number of nitrogens with zero attached hydrogens (tertiary/aromatic N) is 2. The highest BCUT2D eigenvalue weighted by Gasteiger charge is 2.11. The predicted molar refractivity (Wildman–Crippen MR) is 67.7 cm³/mol. The molecule has 0 aliphatic carbocycles. The molecule has 0 saturated carbocycles. The molecular weight excluding hydrogens is 238 g/mol. The minimum Gasteiger partial charge on any atom is -0.497 e. The summed E-state index contributed by atoms with van der Waals surface area (Å²) in [6.45, 7) is 1.90. The topological polar surface area (TPSA) is 53.1 Å². The van der Waals surface area contributed by atoms with Crippen molar-refractivity contribution in [3.8, 4) is 11.4 Å². The molecule has 1 unspecified atom stereocenters. The van der Waals surface area contributed by atoms with E-state index in [0.717, 1.165) is 17.1 Å². The fraction of sp³-hybridized carbons (Fsp3) is 0.250. The Hall–Kier alpha value is -1.52. The molecule has 1 aromatic carbocycles. The summed E-state index contributed by atoms with van der Waals surface area (Å²) in [5.74, 6) is 0.744. The molecule has 1 heterocycles. The maximum absolute atomic E-state index is 6.18. The SMILES string of the molecule is COc1ccc(Cl)c(-n2cncc2C(C)N)c1. The Morgan fingerprint density at radius 3 is 2.88 bits per heavy atom. The second kappa shape index (κ2) is 4.77. The van der Waals surface area contributed by atoms with Crippen molar-refractivity contribution in [2.45, 2.75) is 13.0 Å². The van der Waals surface area contributed by atoms with Crippen LogP contribution in [0.1, 0.15) is 18.7 Å². The smallest absolute Gasteiger partial charge is 0.121 e. The Morgan fingerprint density at radius 1 is 1.47 bits per heavy atom. The highest BCUT2D eigenvalue weighted by Crippen LogP contribution is 2.27. The number of halogens is 1. The molecule has 0 bridgehead atoms. The molecule has 0 aliphatic heterocycles. The molecule has 0 spiro atoms. The quantitative estimate of drug-likeness (QED) is 0.912. The number of hydrogen-bond donors (Lipinski definition) is 1. The average Bonchev–Trinajstić information content (AvgIpc) is 2.78. The van der Waals surface area contributed by atoms with Gasteiger partial charge in [0.25, 0.3) is 0 Å². The molecule has 5 heteroatoms. The molecule has 2 N–H and O–H groups in total. The Balaban J connectivity index is 2.55. The van der Waals surface area contributed by atoms with Gasteiger partial charge in [-0.25, -0.2) is 4.98 Å². The van der Waals surface area contributed by atoms with Crippen molar-refractivity contribution in [1.82, 2.24) is 9.55 Å². The third kappa shape index (κ3) is 2.28. The van der Waals surface area contributed by atoms with Gasteiger partial charge in [0.15, 0.2) is 0 Å². The number of aromatic nitrogens is 2. The zero-order chi connectivity index (χ0) is 12.4. The van der Waals surface area contributed by atoms with Crippen molar-refractivity contribution in [3.63, 3.8) is 0 Å². The second-order valence-electron chi connectivity index (χ2n) is 3.79. The fourth-order valence-corrected chi connectivity index (χ4v) is 1.86. The standard InChI is InChI=1S/C12H14ClN3O/c1-8(14)12-6-15-7-16(12)11-5-9(17-2)3-4-10(11)13/h3-8H,14H2,1-2H3. The van der Waals surface area contributed by atoms with E-state index in [2.05, 4.69) is 4.98 Å². The van der Waals surface area contributed by atoms with Gasteiger partial charge in [-0.2, -0.15) is 0 Å². The minimum absolute atomic E-state index is 0.111. The van der Waals surface area contributed by atoms with E-state index >= 15 is 0 Å². The van der Waals surface area contributed by atoms with Crippen LogP contribution >= 0.6 is 11.6 Å². The maximum Gasteiger partial charge on any atom is 0.121 e. The number of imidazole rings is 1. The molecule has 4 nitrogen and oxygen atoms in total. The molecule has 17 heavy (non-hydrogen) atoms. The van der Waals surface area contributed by atoms with Gasteiger partial charge in [-0.15, -0.1) is 0 Å². The minimum atomic E-state index is -0.111. The maximum atomic E-state index is 6.18. The Bertz CT molecular complexity index is 522. The summed E-state index contributed by atoms with van der Waals surface area (Å²) in [6.07, 6.45) is 3.43. The number of methoxy groups -OCH3 is 1. The third-order valence-electron chi connectivity index (χ3n) is 2.55. The molecule has 0 radical (unpaired) electrons. The molecule has 90 valence electrons. The average molecular weight is 252 g/mol. The van der Waals surface area contributed by atoms with Crippen LogP contribution in [0.2, 0.25) is 5.02 Å². The highest BCUT2D eigenvalue weighted by atomic mass is 35.5. The van der Waals surface area contributed by atoms with Gasteiger partial charge in [0.2, 0.25) is 0 Å². The Labute approximate surface area is 105 Å². The van der Waals surface area contributed by atoms with Crippen molar-refractivity contribution in [2.75, 3.05) is 7.11 Å². The van der Waals surface area contributed by atoms with Crippen molar-refractivity contribution in [2.24, 2.45) is 5.73 Å². The summed E-state index contributed by atoms with van der Waals surface area (Å²) in [5.41, 5.74) is 7.60. The monoisotopic (exact) mass is 251 g/mol. The van der Waals surface area contributed by atoms with Crippen molar-refractivity contribution < 1.29 is 4.74 Å². The lowest BCUT2D eigenvalue weighted by atomic mass is 10.2. The van der Waals surface area contributed by atoms with Gasteiger partial charge in [0.1, 0.15) is 5.75 Å². The van der Waals surface area contributed by atoms with E-state index in [1.54, 1.807) is 25.7 Å². The molecule has 2 rings (SSSR count). The summed E-state index contributed by atoms with van der Waals surface area (Å²) in [4.78, 5) is 4.10. The lowest BCUT2D eigenvalue weighted by Crippen LogP contribution is -2.10. The Kier molecular flexibility index (Phi) is 3.36. The number of benzene rings is 1. The van der Waals surface area contributed by atoms with Crippen LogP contribution in [0.4, 0.5) is 0 Å². The first kappa shape index (κ1) is 12.0. The van der Waals surface area contributed by atoms with E-state index in [1.165, 1.54) is 0 Å². The first-order valence-electron chi connectivity index (χ1n) is 5.25. The zero-order valence-corrected chi connectivity index (χ0v) is 10.5. The molecule has 0 amide bonds. The first-order chi connectivity index (χ1) is 8.13. The lowest BCUT2D eigenvalue weighted by molar-refractivity contribution is 0.414. The van der Waals surface area contributed by atoms with Crippen molar-refractivity contribution in [3.05, 3.63) is 41.4 Å². The van der Waals surface area contributed by atoms with Crippen LogP contribution in [0.5, 0.6) is 5.75 Å². The number of ether oxygens (including phenoxy) is 1. The van der Waals surface area contributed by atoms with Crippen LogP contribution in [0.25, 0.3) is 5.69 Å². The van der Waals surface area contributed by atoms with E-state index in [1.807, 2.05) is 23.6 Å². The summed E-state index contributed by atoms with van der Waals surface area (Å²) in [6, 6.07) is 5.35. The first-order valence-corrected chi connectivity index (χ1v) is 5.63. The van der Waals surface area contributed by atoms with Crippen molar-refractivity contribution in [1.29, 1.82) is 0 Å². The number of nitrogens with two attached hydrogens (primary N) is 1. The highest BCUT2D eigenvalue weighted by molar-refractivity contribution is 6.32. The molecule has 0 saturated heterocycles. The van der Waals surface area contributed by atoms with Gasteiger partial charge >= 0.3 is 0 Å². The largest absolute Gasteiger partial charge is 0.497 e. The fourth-order valence-electron chi connectivity index (χ4n) is 1.65. The van der Waals surface area contributed by atoms with Gasteiger partial charge in [0.05, 0.1) is 36.0 Å². The normalized spacial score (nSPS) is 12.5. The number of hydrogen-bond acceptors (Lipinski definition) is 3. The van der Waals surface area contributed by atoms with Gasteiger partial charge < -0.3 is 15.0 Å². The molecule has 2 aromatic rings. The van der Waals surface area contributed by atoms with Crippen LogP contribution in [-0.2, 0) is 0 Å². The van der Waals surface area contributed by atoms with Crippen LogP contribution in [0, 0.1) is 0 Å². The Morgan fingerprint density at radius 2 is 2.24 bits per heavy atom. The molecule has 0 fully saturated rings. The van der Waals surface area contributed by atoms with Crippen LogP contribution < -0.4 is 10.5 Å². The van der Waals surface area contributed by atoms with E-state index in [0.29, 0.717) is 5.02 Å². The second-order valence-corrected chi connectivity index (χ2v) is 4.20. The van der Waals surface area contributed by atoms with E-state index in [-0.39, 0.29) is 6.04 Å². The number of rotatable bonds is 3. The van der Waals surface area contributed by atoms with Crippen LogP contribution in [-0.4, -0.2) is 16.7 Å². The lowest BCUT2D eigenvalue weighted by Gasteiger charge is -2.13. The van der Waals surface area contributed by atoms with Crippen LogP contribution in [0.15, 0.2) is 30.7 Å². The third-order valence-corrected chi connectivity index (χ3v) is 2.87. The van der Waals surface area contributed by atoms with Gasteiger partial charge in [-0.1, -0.05) is 11.6 Å². The molecular formula is C12H14ClN3O. The van der Waals surface area contributed by atoms with Crippen LogP contribution in [0.3, 0.4) is 0 Å². The molecule has 0 aliphatic rings. The van der Waals surface area contributed by atoms with E-state index < -0.39 is 0 Å². The summed E-state index contributed by atoms with van der Waals surface area (Å²) < 4.78 is 7.06. The molecule has 1 aromatic heterocycles. The zero-order valence-electron chi connectivity index (χ0n) is 9.72. The van der Waals surface area contributed by atoms with Gasteiger partial charge in [-0.05, 0) is 19.1 Å². The van der Waals surface area contributed by atoms with E-state index in [4.69, 9.17) is 22.1 Å². The molecule has 1 atom stereocenters. The predicted octanol–water partition coefficient (Wildman–Crippen LogP) is 2.55. The van der Waals surface area contributed by atoms with Crippen molar-refractivity contribution >= 4 is 11.6 Å². The van der Waals surface area contributed by atoms with Gasteiger partial charge in [-0.3, -0.25) is 0 Å². The summed E-state index contributed by atoms with van der Waals surface area (Å²) in [5, 5.41) is 0.630. The summed E-state index contributed by atoms with van der Waals surface area (Å²) >= 11 is 6.18.